The summed E-state index contributed by atoms with van der Waals surface area (Å²) in [6, 6.07) is 30.3. The van der Waals surface area contributed by atoms with Crippen molar-refractivity contribution in [2.45, 2.75) is 25.7 Å². The minimum absolute atomic E-state index is 0.00561. The van der Waals surface area contributed by atoms with Gasteiger partial charge in [0.25, 0.3) is 0 Å². The molecular weight excluding hydrogens is 500 g/mol. The summed E-state index contributed by atoms with van der Waals surface area (Å²) in [5.74, 6) is 0.408. The van der Waals surface area contributed by atoms with Crippen molar-refractivity contribution in [1.29, 1.82) is 0 Å². The van der Waals surface area contributed by atoms with Crippen molar-refractivity contribution < 1.29 is 19.1 Å². The molecule has 0 radical (unpaired) electrons. The van der Waals surface area contributed by atoms with Crippen molar-refractivity contribution >= 4 is 29.2 Å². The predicted molar refractivity (Wildman–Crippen MR) is 160 cm³/mol. The summed E-state index contributed by atoms with van der Waals surface area (Å²) in [6.07, 6.45) is 6.77. The van der Waals surface area contributed by atoms with E-state index >= 15 is 0 Å². The molecule has 0 saturated heterocycles. The van der Waals surface area contributed by atoms with Gasteiger partial charge in [-0.15, -0.1) is 0 Å². The van der Waals surface area contributed by atoms with Crippen LogP contribution in [0.5, 0.6) is 5.75 Å². The van der Waals surface area contributed by atoms with Gasteiger partial charge >= 0.3 is 5.97 Å². The number of hydrogen-bond acceptors (Lipinski definition) is 6. The normalized spacial score (nSPS) is 10.9. The first-order valence-electron chi connectivity index (χ1n) is 13.4. The Morgan fingerprint density at radius 3 is 1.98 bits per heavy atom. The number of nitrogen functional groups attached to an aromatic ring is 2. The Morgan fingerprint density at radius 1 is 0.675 bits per heavy atom. The second-order valence-electron chi connectivity index (χ2n) is 9.56. The van der Waals surface area contributed by atoms with Crippen LogP contribution in [-0.4, -0.2) is 25.0 Å². The molecule has 0 amide bonds. The van der Waals surface area contributed by atoms with Crippen LogP contribution in [0, 0.1) is 0 Å². The van der Waals surface area contributed by atoms with Crippen LogP contribution in [0.1, 0.15) is 56.7 Å². The van der Waals surface area contributed by atoms with Crippen LogP contribution in [-0.2, 0) is 11.2 Å². The highest BCUT2D eigenvalue weighted by atomic mass is 16.5. The molecule has 0 atom stereocenters. The van der Waals surface area contributed by atoms with Gasteiger partial charge in [-0.2, -0.15) is 0 Å². The molecule has 0 aliphatic carbocycles. The summed E-state index contributed by atoms with van der Waals surface area (Å²) in [6.45, 7) is 0.937. The molecule has 0 unspecified atom stereocenters. The fourth-order valence-corrected chi connectivity index (χ4v) is 4.17. The number of ether oxygens (including phenoxy) is 2. The predicted octanol–water partition coefficient (Wildman–Crippen LogP) is 6.74. The van der Waals surface area contributed by atoms with Crippen molar-refractivity contribution in [2.75, 3.05) is 24.7 Å². The van der Waals surface area contributed by atoms with Crippen molar-refractivity contribution in [1.82, 2.24) is 0 Å². The maximum atomic E-state index is 12.2. The number of allylic oxidation sites excluding steroid dienone is 1. The van der Waals surface area contributed by atoms with Gasteiger partial charge in [-0.25, -0.2) is 4.79 Å². The molecule has 4 aromatic rings. The Morgan fingerprint density at radius 2 is 1.30 bits per heavy atom. The molecule has 0 bridgehead atoms. The quantitative estimate of drug-likeness (QED) is 0.0647. The Labute approximate surface area is 235 Å². The van der Waals surface area contributed by atoms with Crippen LogP contribution < -0.4 is 16.2 Å². The third kappa shape index (κ3) is 8.88. The fourth-order valence-electron chi connectivity index (χ4n) is 4.17. The first kappa shape index (κ1) is 28.2. The number of hydrogen-bond donors (Lipinski definition) is 2. The van der Waals surface area contributed by atoms with E-state index in [-0.39, 0.29) is 5.78 Å². The standard InChI is InChI=1S/C34H34N2O4/c35-30-22-29(23-31(36)24-30)34(38)40-20-6-2-5-19-39-32-16-13-27(14-17-32)21-26-11-9-25(10-12-26)15-18-33(37)28-7-3-1-4-8-28/h1,3-4,7-18,22-24H,2,5-6,19-21,35-36H2/b18-15+. The van der Waals surface area contributed by atoms with E-state index in [0.717, 1.165) is 37.0 Å². The van der Waals surface area contributed by atoms with Gasteiger partial charge in [0.15, 0.2) is 5.78 Å². The van der Waals surface area contributed by atoms with E-state index < -0.39 is 5.97 Å². The zero-order chi connectivity index (χ0) is 28.2. The van der Waals surface area contributed by atoms with E-state index in [0.29, 0.717) is 35.7 Å². The maximum Gasteiger partial charge on any atom is 0.338 e. The number of nitrogens with two attached hydrogens (primary N) is 2. The second-order valence-corrected chi connectivity index (χ2v) is 9.56. The van der Waals surface area contributed by atoms with Crippen molar-refractivity contribution in [3.63, 3.8) is 0 Å². The summed E-state index contributed by atoms with van der Waals surface area (Å²) < 4.78 is 11.2. The van der Waals surface area contributed by atoms with Gasteiger partial charge in [-0.05, 0) is 78.8 Å². The smallest absolute Gasteiger partial charge is 0.338 e. The highest BCUT2D eigenvalue weighted by Crippen LogP contribution is 2.18. The Kier molecular flexibility index (Phi) is 10.1. The lowest BCUT2D eigenvalue weighted by Gasteiger charge is -2.09. The van der Waals surface area contributed by atoms with E-state index in [9.17, 15) is 9.59 Å². The number of esters is 1. The van der Waals surface area contributed by atoms with Crippen molar-refractivity contribution in [3.05, 3.63) is 131 Å². The molecule has 0 fully saturated rings. The summed E-state index contributed by atoms with van der Waals surface area (Å²) in [5, 5.41) is 0. The summed E-state index contributed by atoms with van der Waals surface area (Å²) in [4.78, 5) is 24.3. The Hall–Kier alpha value is -4.84. The maximum absolute atomic E-state index is 12.2. The zero-order valence-electron chi connectivity index (χ0n) is 22.4. The lowest BCUT2D eigenvalue weighted by Crippen LogP contribution is -2.08. The average molecular weight is 535 g/mol. The number of carbonyl (C=O) groups is 2. The summed E-state index contributed by atoms with van der Waals surface area (Å²) in [7, 11) is 0. The minimum atomic E-state index is -0.418. The molecule has 0 aromatic heterocycles. The van der Waals surface area contributed by atoms with Gasteiger partial charge in [0.1, 0.15) is 5.75 Å². The highest BCUT2D eigenvalue weighted by Gasteiger charge is 2.08. The SMILES string of the molecule is Nc1cc(N)cc(C(=O)OCCCCCOc2ccc(Cc3ccc(/C=C/C(=O)c4ccccc4)cc3)cc2)c1. The molecule has 6 nitrogen and oxygen atoms in total. The van der Waals surface area contributed by atoms with E-state index in [1.807, 2.05) is 60.7 Å². The van der Waals surface area contributed by atoms with Gasteiger partial charge in [0.05, 0.1) is 18.8 Å². The highest BCUT2D eigenvalue weighted by molar-refractivity contribution is 6.06. The molecule has 0 aliphatic heterocycles. The summed E-state index contributed by atoms with van der Waals surface area (Å²) >= 11 is 0. The van der Waals surface area contributed by atoms with E-state index in [4.69, 9.17) is 20.9 Å². The first-order valence-corrected chi connectivity index (χ1v) is 13.4. The molecule has 0 saturated carbocycles. The Balaban J connectivity index is 1.13. The molecule has 0 heterocycles. The van der Waals surface area contributed by atoms with E-state index in [1.165, 1.54) is 11.1 Å². The van der Waals surface area contributed by atoms with Gasteiger partial charge in [-0.1, -0.05) is 72.8 Å². The lowest BCUT2D eigenvalue weighted by atomic mass is 10.0. The molecule has 204 valence electrons. The lowest BCUT2D eigenvalue weighted by molar-refractivity contribution is 0.0497. The molecule has 0 spiro atoms. The van der Waals surface area contributed by atoms with Gasteiger partial charge in [0.2, 0.25) is 0 Å². The number of unbranched alkanes of at least 4 members (excludes halogenated alkanes) is 2. The minimum Gasteiger partial charge on any atom is -0.494 e. The molecule has 6 heteroatoms. The second kappa shape index (κ2) is 14.4. The van der Waals surface area contributed by atoms with Crippen molar-refractivity contribution in [2.24, 2.45) is 0 Å². The van der Waals surface area contributed by atoms with E-state index in [2.05, 4.69) is 24.3 Å². The Bertz CT molecular complexity index is 1410. The van der Waals surface area contributed by atoms with Crippen molar-refractivity contribution in [3.8, 4) is 5.75 Å². The number of rotatable bonds is 13. The van der Waals surface area contributed by atoms with E-state index in [1.54, 1.807) is 24.3 Å². The molecule has 4 rings (SSSR count). The number of anilines is 2. The molecule has 40 heavy (non-hydrogen) atoms. The van der Waals surface area contributed by atoms with Gasteiger partial charge in [0, 0.05) is 16.9 Å². The number of carbonyl (C=O) groups excluding carboxylic acids is 2. The number of benzene rings is 4. The topological polar surface area (TPSA) is 105 Å². The first-order chi connectivity index (χ1) is 19.5. The van der Waals surface area contributed by atoms with Gasteiger partial charge in [-0.3, -0.25) is 4.79 Å². The fraction of sp³-hybridized carbons (Fsp3) is 0.176. The van der Waals surface area contributed by atoms with Crippen LogP contribution in [0.3, 0.4) is 0 Å². The van der Waals surface area contributed by atoms with Crippen LogP contribution in [0.15, 0.2) is 103 Å². The van der Waals surface area contributed by atoms with Crippen LogP contribution in [0.2, 0.25) is 0 Å². The van der Waals surface area contributed by atoms with Crippen LogP contribution in [0.25, 0.3) is 6.08 Å². The molecular formula is C34H34N2O4. The third-order valence-corrected chi connectivity index (χ3v) is 6.30. The summed E-state index contributed by atoms with van der Waals surface area (Å²) in [5.41, 5.74) is 16.7. The monoisotopic (exact) mass is 534 g/mol. The molecule has 4 N–H and O–H groups in total. The average Bonchev–Trinajstić information content (AvgIpc) is 2.97. The number of ketones is 1. The van der Waals surface area contributed by atoms with Gasteiger partial charge < -0.3 is 20.9 Å². The zero-order valence-corrected chi connectivity index (χ0v) is 22.4. The third-order valence-electron chi connectivity index (χ3n) is 6.30. The van der Waals surface area contributed by atoms with Crippen LogP contribution >= 0.6 is 0 Å². The molecule has 0 aliphatic rings. The molecule has 4 aromatic carbocycles. The largest absolute Gasteiger partial charge is 0.494 e. The van der Waals surface area contributed by atoms with Crippen LogP contribution in [0.4, 0.5) is 11.4 Å².